The van der Waals surface area contributed by atoms with E-state index in [1.165, 1.54) is 23.9 Å². The molecule has 3 rings (SSSR count). The summed E-state index contributed by atoms with van der Waals surface area (Å²) in [6, 6.07) is 13.6. The Bertz CT molecular complexity index is 808. The van der Waals surface area contributed by atoms with Gasteiger partial charge in [-0.3, -0.25) is 4.79 Å². The smallest absolute Gasteiger partial charge is 0.236 e. The molecule has 0 spiro atoms. The fraction of sp³-hybridized carbons (Fsp3) is 0.118. The minimum Gasteiger partial charge on any atom is -0.489 e. The van der Waals surface area contributed by atoms with E-state index in [1.807, 2.05) is 24.3 Å². The minimum absolute atomic E-state index is 0.0679. The number of amidine groups is 1. The van der Waals surface area contributed by atoms with E-state index in [9.17, 15) is 9.18 Å². The molecule has 1 N–H and O–H groups in total. The number of thioether (sulfide) groups is 1. The highest BCUT2D eigenvalue weighted by molar-refractivity contribution is 8.15. The topological polar surface area (TPSA) is 63.0 Å². The maximum absolute atomic E-state index is 13.1. The van der Waals surface area contributed by atoms with Crippen LogP contribution in [0.1, 0.15) is 11.1 Å². The highest BCUT2D eigenvalue weighted by Gasteiger charge is 2.15. The molecule has 1 aliphatic heterocycles. The second-order valence-corrected chi connectivity index (χ2v) is 5.94. The van der Waals surface area contributed by atoms with Crippen molar-refractivity contribution in [3.63, 3.8) is 0 Å². The van der Waals surface area contributed by atoms with Crippen LogP contribution < -0.4 is 10.1 Å². The number of hydrogen-bond donors (Lipinski definition) is 1. The number of nitrogens with zero attached hydrogens (tertiary/aromatic N) is 2. The molecule has 0 aromatic heterocycles. The number of rotatable bonds is 5. The van der Waals surface area contributed by atoms with Crippen molar-refractivity contribution in [3.8, 4) is 5.75 Å². The Labute approximate surface area is 142 Å². The lowest BCUT2D eigenvalue weighted by atomic mass is 10.2. The number of nitrogens with one attached hydrogen (secondary N) is 1. The summed E-state index contributed by atoms with van der Waals surface area (Å²) in [5.74, 6) is 0.673. The van der Waals surface area contributed by atoms with Crippen molar-refractivity contribution in [3.05, 3.63) is 65.5 Å². The van der Waals surface area contributed by atoms with Crippen molar-refractivity contribution in [1.29, 1.82) is 0 Å². The molecule has 1 aliphatic rings. The summed E-state index contributed by atoms with van der Waals surface area (Å²) < 4.78 is 18.8. The predicted octanol–water partition coefficient (Wildman–Crippen LogP) is 2.96. The van der Waals surface area contributed by atoms with Crippen LogP contribution in [0, 0.1) is 5.82 Å². The van der Waals surface area contributed by atoms with Crippen LogP contribution in [-0.2, 0) is 11.4 Å². The van der Waals surface area contributed by atoms with Gasteiger partial charge in [-0.25, -0.2) is 4.39 Å². The average Bonchev–Trinajstić information content (AvgIpc) is 2.99. The number of ether oxygens (including phenoxy) is 1. The van der Waals surface area contributed by atoms with Gasteiger partial charge < -0.3 is 10.1 Å². The van der Waals surface area contributed by atoms with Crippen molar-refractivity contribution in [2.24, 2.45) is 10.2 Å². The number of hydrogen-bond acceptors (Lipinski definition) is 5. The molecule has 0 atom stereocenters. The summed E-state index contributed by atoms with van der Waals surface area (Å²) in [6.45, 7) is 0.281. The van der Waals surface area contributed by atoms with E-state index in [-0.39, 0.29) is 18.3 Å². The van der Waals surface area contributed by atoms with Crippen LogP contribution in [0.5, 0.6) is 5.75 Å². The predicted molar refractivity (Wildman–Crippen MR) is 92.8 cm³/mol. The lowest BCUT2D eigenvalue weighted by Crippen LogP contribution is -2.19. The Balaban J connectivity index is 1.60. The van der Waals surface area contributed by atoms with Crippen molar-refractivity contribution < 1.29 is 13.9 Å². The highest BCUT2D eigenvalue weighted by Crippen LogP contribution is 2.15. The Morgan fingerprint density at radius 1 is 1.25 bits per heavy atom. The number of carbonyl (C=O) groups excluding carboxylic acids is 1. The van der Waals surface area contributed by atoms with Crippen LogP contribution >= 0.6 is 11.8 Å². The van der Waals surface area contributed by atoms with E-state index in [1.54, 1.807) is 18.3 Å². The van der Waals surface area contributed by atoms with E-state index in [0.717, 1.165) is 11.1 Å². The lowest BCUT2D eigenvalue weighted by molar-refractivity contribution is -0.116. The largest absolute Gasteiger partial charge is 0.489 e. The van der Waals surface area contributed by atoms with Gasteiger partial charge in [0.1, 0.15) is 18.2 Å². The third-order valence-electron chi connectivity index (χ3n) is 3.09. The normalized spacial score (nSPS) is 15.9. The van der Waals surface area contributed by atoms with Crippen molar-refractivity contribution in [2.75, 3.05) is 5.75 Å². The molecule has 0 aliphatic carbocycles. The molecule has 0 saturated carbocycles. The van der Waals surface area contributed by atoms with E-state index < -0.39 is 0 Å². The summed E-state index contributed by atoms with van der Waals surface area (Å²) in [5.41, 5.74) is 1.57. The molecular formula is C17H14FN3O2S. The Morgan fingerprint density at radius 3 is 2.92 bits per heavy atom. The summed E-state index contributed by atoms with van der Waals surface area (Å²) in [7, 11) is 0. The molecule has 24 heavy (non-hydrogen) atoms. The number of carbonyl (C=O) groups is 1. The first-order valence-corrected chi connectivity index (χ1v) is 8.18. The molecule has 2 aromatic carbocycles. The zero-order valence-electron chi connectivity index (χ0n) is 12.6. The summed E-state index contributed by atoms with van der Waals surface area (Å²) >= 11 is 1.32. The van der Waals surface area contributed by atoms with Gasteiger partial charge in [-0.15, -0.1) is 5.10 Å². The minimum atomic E-state index is -0.284. The first kappa shape index (κ1) is 16.2. The van der Waals surface area contributed by atoms with Crippen molar-refractivity contribution in [1.82, 2.24) is 5.32 Å². The third-order valence-corrected chi connectivity index (χ3v) is 3.96. The van der Waals surface area contributed by atoms with Gasteiger partial charge in [0, 0.05) is 0 Å². The Kier molecular flexibility index (Phi) is 5.22. The van der Waals surface area contributed by atoms with Crippen LogP contribution in [0.3, 0.4) is 0 Å². The Hall–Kier alpha value is -2.67. The van der Waals surface area contributed by atoms with Gasteiger partial charge >= 0.3 is 0 Å². The highest BCUT2D eigenvalue weighted by atomic mass is 32.2. The van der Waals surface area contributed by atoms with Gasteiger partial charge in [-0.2, -0.15) is 5.10 Å². The van der Waals surface area contributed by atoms with Gasteiger partial charge in [0.25, 0.3) is 0 Å². The monoisotopic (exact) mass is 343 g/mol. The second kappa shape index (κ2) is 7.74. The molecule has 122 valence electrons. The fourth-order valence-corrected chi connectivity index (χ4v) is 2.64. The molecule has 7 heteroatoms. The molecular weight excluding hydrogens is 329 g/mol. The molecule has 1 fully saturated rings. The first-order valence-electron chi connectivity index (χ1n) is 7.20. The maximum Gasteiger partial charge on any atom is 0.236 e. The fourth-order valence-electron chi connectivity index (χ4n) is 2.01. The second-order valence-electron chi connectivity index (χ2n) is 4.98. The van der Waals surface area contributed by atoms with Crippen LogP contribution in [-0.4, -0.2) is 23.0 Å². The van der Waals surface area contributed by atoms with Gasteiger partial charge in [-0.1, -0.05) is 36.0 Å². The first-order chi connectivity index (χ1) is 11.7. The molecule has 1 amide bonds. The standard InChI is InChI=1S/C17H14FN3O2S/c18-14-5-1-4-13(7-14)10-23-15-6-2-3-12(8-15)9-19-21-17-20-16(22)11-24-17/h1-9H,10-11H2,(H,20,21,22). The van der Waals surface area contributed by atoms with Crippen LogP contribution in [0.4, 0.5) is 4.39 Å². The molecule has 1 saturated heterocycles. The summed E-state index contributed by atoms with van der Waals surface area (Å²) in [5, 5.41) is 11.0. The molecule has 0 bridgehead atoms. The molecule has 2 aromatic rings. The zero-order chi connectivity index (χ0) is 16.8. The van der Waals surface area contributed by atoms with E-state index in [2.05, 4.69) is 15.5 Å². The number of halogens is 1. The van der Waals surface area contributed by atoms with Crippen molar-refractivity contribution >= 4 is 29.1 Å². The number of amides is 1. The maximum atomic E-state index is 13.1. The summed E-state index contributed by atoms with van der Waals surface area (Å²) in [4.78, 5) is 11.0. The zero-order valence-corrected chi connectivity index (χ0v) is 13.4. The van der Waals surface area contributed by atoms with E-state index >= 15 is 0 Å². The SMILES string of the molecule is O=C1CSC(=NN=Cc2cccc(OCc3cccc(F)c3)c2)N1. The van der Waals surface area contributed by atoms with Gasteiger partial charge in [0.15, 0.2) is 5.17 Å². The lowest BCUT2D eigenvalue weighted by Gasteiger charge is -2.06. The number of benzene rings is 2. The summed E-state index contributed by atoms with van der Waals surface area (Å²) in [6.07, 6.45) is 1.58. The van der Waals surface area contributed by atoms with Crippen molar-refractivity contribution in [2.45, 2.75) is 6.61 Å². The third kappa shape index (κ3) is 4.66. The van der Waals surface area contributed by atoms with Gasteiger partial charge in [0.2, 0.25) is 5.91 Å². The molecule has 0 unspecified atom stereocenters. The van der Waals surface area contributed by atoms with Gasteiger partial charge in [0.05, 0.1) is 12.0 Å². The van der Waals surface area contributed by atoms with E-state index in [4.69, 9.17) is 4.74 Å². The van der Waals surface area contributed by atoms with E-state index in [0.29, 0.717) is 16.7 Å². The van der Waals surface area contributed by atoms with Crippen LogP contribution in [0.25, 0.3) is 0 Å². The average molecular weight is 343 g/mol. The Morgan fingerprint density at radius 2 is 2.12 bits per heavy atom. The molecule has 1 heterocycles. The van der Waals surface area contributed by atoms with Gasteiger partial charge in [-0.05, 0) is 35.4 Å². The molecule has 0 radical (unpaired) electrons. The molecule has 5 nitrogen and oxygen atoms in total. The van der Waals surface area contributed by atoms with Crippen LogP contribution in [0.15, 0.2) is 58.7 Å². The quantitative estimate of drug-likeness (QED) is 0.671. The van der Waals surface area contributed by atoms with Crippen LogP contribution in [0.2, 0.25) is 0 Å².